The molecule has 0 saturated carbocycles. The number of hydrogen-bond donors (Lipinski definition) is 0. The van der Waals surface area contributed by atoms with Crippen molar-refractivity contribution in [3.63, 3.8) is 0 Å². The summed E-state index contributed by atoms with van der Waals surface area (Å²) in [6.07, 6.45) is 2.00. The third-order valence-corrected chi connectivity index (χ3v) is 3.18. The predicted octanol–water partition coefficient (Wildman–Crippen LogP) is 1.49. The van der Waals surface area contributed by atoms with Crippen molar-refractivity contribution in [3.8, 4) is 0 Å². The van der Waals surface area contributed by atoms with E-state index in [9.17, 15) is 4.79 Å². The minimum Gasteiger partial charge on any atom is -0.339 e. The molecular weight excluding hydrogens is 206 g/mol. The Labute approximate surface area is 94.8 Å². The van der Waals surface area contributed by atoms with E-state index >= 15 is 0 Å². The van der Waals surface area contributed by atoms with Crippen molar-refractivity contribution < 1.29 is 9.32 Å². The van der Waals surface area contributed by atoms with Crippen LogP contribution in [0.4, 0.5) is 0 Å². The quantitative estimate of drug-likeness (QED) is 0.723. The van der Waals surface area contributed by atoms with Crippen molar-refractivity contribution in [1.82, 2.24) is 15.0 Å². The molecule has 0 bridgehead atoms. The number of amides is 1. The third kappa shape index (κ3) is 2.08. The molecule has 1 aromatic rings. The lowest BCUT2D eigenvalue weighted by Crippen LogP contribution is -2.43. The van der Waals surface area contributed by atoms with Crippen molar-refractivity contribution in [2.24, 2.45) is 0 Å². The summed E-state index contributed by atoms with van der Waals surface area (Å²) >= 11 is 0. The summed E-state index contributed by atoms with van der Waals surface area (Å²) in [5.41, 5.74) is 0. The lowest BCUT2D eigenvalue weighted by Gasteiger charge is -2.36. The normalized spacial score (nSPS) is 25.8. The van der Waals surface area contributed by atoms with E-state index in [1.54, 1.807) is 13.8 Å². The minimum absolute atomic E-state index is 0.119. The molecule has 0 aromatic carbocycles. The van der Waals surface area contributed by atoms with Crippen LogP contribution in [0.5, 0.6) is 0 Å². The van der Waals surface area contributed by atoms with Crippen LogP contribution in [0.3, 0.4) is 0 Å². The number of aryl methyl sites for hydroxylation is 1. The molecule has 1 aliphatic heterocycles. The number of hydrogen-bond acceptors (Lipinski definition) is 4. The van der Waals surface area contributed by atoms with E-state index in [4.69, 9.17) is 4.52 Å². The fraction of sp³-hybridized carbons (Fsp3) is 0.727. The molecule has 1 fully saturated rings. The highest BCUT2D eigenvalue weighted by molar-refractivity contribution is 5.73. The number of rotatable bonds is 1. The summed E-state index contributed by atoms with van der Waals surface area (Å²) in [5, 5.41) is 3.79. The lowest BCUT2D eigenvalue weighted by atomic mass is 9.93. The average molecular weight is 223 g/mol. The summed E-state index contributed by atoms with van der Waals surface area (Å²) in [6, 6.07) is 0.317. The van der Waals surface area contributed by atoms with Gasteiger partial charge in [-0.3, -0.25) is 4.79 Å². The van der Waals surface area contributed by atoms with Gasteiger partial charge in [0.1, 0.15) is 0 Å². The number of piperidine rings is 1. The maximum atomic E-state index is 11.5. The summed E-state index contributed by atoms with van der Waals surface area (Å²) in [7, 11) is 0. The zero-order chi connectivity index (χ0) is 11.7. The van der Waals surface area contributed by atoms with Gasteiger partial charge in [0.25, 0.3) is 0 Å². The Hall–Kier alpha value is -1.39. The maximum absolute atomic E-state index is 11.5. The first kappa shape index (κ1) is 11.1. The molecule has 16 heavy (non-hydrogen) atoms. The van der Waals surface area contributed by atoms with E-state index < -0.39 is 0 Å². The number of carbonyl (C=O) groups excluding carboxylic acids is 1. The van der Waals surface area contributed by atoms with E-state index in [2.05, 4.69) is 17.1 Å². The van der Waals surface area contributed by atoms with Crippen molar-refractivity contribution in [2.45, 2.75) is 45.6 Å². The van der Waals surface area contributed by atoms with Gasteiger partial charge in [-0.05, 0) is 26.7 Å². The van der Waals surface area contributed by atoms with Crippen LogP contribution in [-0.2, 0) is 4.79 Å². The van der Waals surface area contributed by atoms with Crippen molar-refractivity contribution in [3.05, 3.63) is 11.7 Å². The van der Waals surface area contributed by atoms with Crippen LogP contribution < -0.4 is 0 Å². The van der Waals surface area contributed by atoms with Crippen LogP contribution >= 0.6 is 0 Å². The predicted molar refractivity (Wildman–Crippen MR) is 57.9 cm³/mol. The smallest absolute Gasteiger partial charge is 0.231 e. The molecule has 1 saturated heterocycles. The van der Waals surface area contributed by atoms with Gasteiger partial charge >= 0.3 is 0 Å². The average Bonchev–Trinajstić information content (AvgIpc) is 2.65. The molecule has 1 unspecified atom stereocenters. The number of nitrogens with zero attached hydrogens (tertiary/aromatic N) is 3. The van der Waals surface area contributed by atoms with Gasteiger partial charge in [0.2, 0.25) is 11.8 Å². The lowest BCUT2D eigenvalue weighted by molar-refractivity contribution is -0.132. The molecule has 1 amide bonds. The van der Waals surface area contributed by atoms with E-state index in [1.165, 1.54) is 0 Å². The van der Waals surface area contributed by atoms with Gasteiger partial charge in [-0.2, -0.15) is 4.98 Å². The van der Waals surface area contributed by atoms with Crippen molar-refractivity contribution in [2.75, 3.05) is 6.54 Å². The van der Waals surface area contributed by atoms with Crippen LogP contribution in [0, 0.1) is 6.92 Å². The van der Waals surface area contributed by atoms with Gasteiger partial charge in [-0.1, -0.05) is 5.16 Å². The van der Waals surface area contributed by atoms with Crippen LogP contribution in [0.2, 0.25) is 0 Å². The highest BCUT2D eigenvalue weighted by Gasteiger charge is 2.30. The molecule has 88 valence electrons. The van der Waals surface area contributed by atoms with E-state index in [1.807, 2.05) is 4.90 Å². The summed E-state index contributed by atoms with van der Waals surface area (Å²) < 4.78 is 5.17. The van der Waals surface area contributed by atoms with Crippen molar-refractivity contribution >= 4 is 5.91 Å². The standard InChI is InChI=1S/C11H17N3O2/c1-7-4-5-10(6-14(7)9(3)15)11-12-8(2)13-16-11/h7,10H,4-6H2,1-3H3/t7-,10?/m1/s1. The third-order valence-electron chi connectivity index (χ3n) is 3.18. The Bertz CT molecular complexity index is 388. The molecule has 0 radical (unpaired) electrons. The molecule has 2 rings (SSSR count). The largest absolute Gasteiger partial charge is 0.339 e. The van der Waals surface area contributed by atoms with Gasteiger partial charge in [0.05, 0.1) is 5.92 Å². The van der Waals surface area contributed by atoms with Gasteiger partial charge in [0.15, 0.2) is 5.82 Å². The molecule has 2 atom stereocenters. The minimum atomic E-state index is 0.119. The molecular formula is C11H17N3O2. The first-order valence-electron chi connectivity index (χ1n) is 5.65. The second kappa shape index (κ2) is 4.23. The molecule has 0 aliphatic carbocycles. The van der Waals surface area contributed by atoms with Crippen LogP contribution in [0.15, 0.2) is 4.52 Å². The van der Waals surface area contributed by atoms with E-state index in [0.29, 0.717) is 24.3 Å². The maximum Gasteiger partial charge on any atom is 0.231 e. The number of aromatic nitrogens is 2. The molecule has 2 heterocycles. The Morgan fingerprint density at radius 1 is 1.50 bits per heavy atom. The monoisotopic (exact) mass is 223 g/mol. The van der Waals surface area contributed by atoms with Crippen molar-refractivity contribution in [1.29, 1.82) is 0 Å². The first-order valence-corrected chi connectivity index (χ1v) is 5.65. The SMILES string of the molecule is CC(=O)N1CC(c2nc(C)no2)CC[C@H]1C. The van der Waals surface area contributed by atoms with E-state index in [0.717, 1.165) is 12.8 Å². The Morgan fingerprint density at radius 2 is 2.25 bits per heavy atom. The zero-order valence-electron chi connectivity index (χ0n) is 9.93. The molecule has 1 aromatic heterocycles. The highest BCUT2D eigenvalue weighted by atomic mass is 16.5. The van der Waals surface area contributed by atoms with Gasteiger partial charge in [0, 0.05) is 19.5 Å². The topological polar surface area (TPSA) is 59.2 Å². The molecule has 5 nitrogen and oxygen atoms in total. The molecule has 5 heteroatoms. The molecule has 0 N–H and O–H groups in total. The van der Waals surface area contributed by atoms with Gasteiger partial charge in [-0.15, -0.1) is 0 Å². The molecule has 0 spiro atoms. The Balaban J connectivity index is 2.11. The second-order valence-electron chi connectivity index (χ2n) is 4.47. The van der Waals surface area contributed by atoms with Crippen LogP contribution in [-0.4, -0.2) is 33.5 Å². The van der Waals surface area contributed by atoms with E-state index in [-0.39, 0.29) is 11.8 Å². The van der Waals surface area contributed by atoms with Gasteiger partial charge in [-0.25, -0.2) is 0 Å². The van der Waals surface area contributed by atoms with Gasteiger partial charge < -0.3 is 9.42 Å². The Kier molecular flexibility index (Phi) is 2.94. The zero-order valence-corrected chi connectivity index (χ0v) is 9.93. The summed E-state index contributed by atoms with van der Waals surface area (Å²) in [4.78, 5) is 17.6. The fourth-order valence-corrected chi connectivity index (χ4v) is 2.23. The number of carbonyl (C=O) groups is 1. The fourth-order valence-electron chi connectivity index (χ4n) is 2.23. The number of likely N-dealkylation sites (tertiary alicyclic amines) is 1. The second-order valence-corrected chi connectivity index (χ2v) is 4.47. The highest BCUT2D eigenvalue weighted by Crippen LogP contribution is 2.28. The molecule has 1 aliphatic rings. The van der Waals surface area contributed by atoms with Crippen LogP contribution in [0.25, 0.3) is 0 Å². The summed E-state index contributed by atoms with van der Waals surface area (Å²) in [5.74, 6) is 1.63. The summed E-state index contributed by atoms with van der Waals surface area (Å²) in [6.45, 7) is 6.19. The Morgan fingerprint density at radius 3 is 2.81 bits per heavy atom. The first-order chi connectivity index (χ1) is 7.58. The van der Waals surface area contributed by atoms with Crippen LogP contribution in [0.1, 0.15) is 44.3 Å².